The SMILES string of the molecule is COC(Oc1ccc(C(F)(F)F)cc1Cl)(C(=O)c1ccccc1)[N+](=O)[O-]. The maximum Gasteiger partial charge on any atom is 0.550 e. The quantitative estimate of drug-likeness (QED) is 0.320. The lowest BCUT2D eigenvalue weighted by Gasteiger charge is -2.23. The molecule has 2 aromatic carbocycles. The van der Waals surface area contributed by atoms with E-state index in [0.717, 1.165) is 13.2 Å². The Bertz CT molecular complexity index is 828. The van der Waals surface area contributed by atoms with Crippen molar-refractivity contribution in [3.05, 3.63) is 74.8 Å². The molecule has 0 aliphatic rings. The van der Waals surface area contributed by atoms with Crippen molar-refractivity contribution >= 4 is 17.4 Å². The largest absolute Gasteiger partial charge is 0.550 e. The van der Waals surface area contributed by atoms with E-state index in [4.69, 9.17) is 21.1 Å². The summed E-state index contributed by atoms with van der Waals surface area (Å²) in [6.45, 7) is 0. The van der Waals surface area contributed by atoms with E-state index in [1.807, 2.05) is 0 Å². The smallest absolute Gasteiger partial charge is 0.397 e. The van der Waals surface area contributed by atoms with Crippen LogP contribution >= 0.6 is 11.6 Å². The molecule has 0 saturated heterocycles. The van der Waals surface area contributed by atoms with Crippen LogP contribution in [0.5, 0.6) is 5.75 Å². The highest BCUT2D eigenvalue weighted by atomic mass is 35.5. The summed E-state index contributed by atoms with van der Waals surface area (Å²) in [5.74, 6) is -4.67. The van der Waals surface area contributed by atoms with Crippen LogP contribution in [0.25, 0.3) is 0 Å². The number of hydrogen-bond donors (Lipinski definition) is 0. The van der Waals surface area contributed by atoms with Gasteiger partial charge < -0.3 is 4.74 Å². The standard InChI is InChI=1S/C16H11ClF3NO5/c1-25-16(21(23)24,14(22)10-5-3-2-4-6-10)26-13-8-7-11(9-12(13)17)15(18,19)20/h2-9H,1H3. The van der Waals surface area contributed by atoms with Crippen molar-refractivity contribution in [2.75, 3.05) is 7.11 Å². The molecule has 1 unspecified atom stereocenters. The molecule has 0 amide bonds. The summed E-state index contributed by atoms with van der Waals surface area (Å²) in [5, 5.41) is 11.0. The molecule has 6 nitrogen and oxygen atoms in total. The number of nitro groups is 1. The molecule has 2 rings (SSSR count). The van der Waals surface area contributed by atoms with Gasteiger partial charge in [-0.25, -0.2) is 0 Å². The summed E-state index contributed by atoms with van der Waals surface area (Å²) in [6, 6.07) is 9.07. The molecule has 0 heterocycles. The van der Waals surface area contributed by atoms with Gasteiger partial charge in [0.25, 0.3) is 0 Å². The van der Waals surface area contributed by atoms with Crippen LogP contribution in [-0.2, 0) is 10.9 Å². The second-order valence-electron chi connectivity index (χ2n) is 4.98. The van der Waals surface area contributed by atoms with Gasteiger partial charge in [-0.2, -0.15) is 13.2 Å². The third-order valence-corrected chi connectivity index (χ3v) is 3.64. The Balaban J connectivity index is 2.47. The molecule has 0 bridgehead atoms. The van der Waals surface area contributed by atoms with Crippen LogP contribution in [0.1, 0.15) is 15.9 Å². The zero-order valence-corrected chi connectivity index (χ0v) is 13.9. The lowest BCUT2D eigenvalue weighted by atomic mass is 10.1. The van der Waals surface area contributed by atoms with E-state index in [0.29, 0.717) is 12.1 Å². The van der Waals surface area contributed by atoms with Crippen LogP contribution in [-0.4, -0.2) is 23.7 Å². The fraction of sp³-hybridized carbons (Fsp3) is 0.188. The summed E-state index contributed by atoms with van der Waals surface area (Å²) in [6.07, 6.45) is -4.66. The molecule has 0 aliphatic carbocycles. The number of Topliss-reactive ketones (excluding diaryl/α,β-unsaturated/α-hetero) is 1. The van der Waals surface area contributed by atoms with E-state index < -0.39 is 39.1 Å². The Morgan fingerprint density at radius 3 is 2.23 bits per heavy atom. The van der Waals surface area contributed by atoms with Crippen LogP contribution in [0.4, 0.5) is 13.2 Å². The number of carbonyl (C=O) groups excluding carboxylic acids is 1. The van der Waals surface area contributed by atoms with Gasteiger partial charge in [0.1, 0.15) is 10.7 Å². The molecule has 26 heavy (non-hydrogen) atoms. The Hall–Kier alpha value is -2.65. The van der Waals surface area contributed by atoms with Crippen molar-refractivity contribution in [3.63, 3.8) is 0 Å². The Kier molecular flexibility index (Phi) is 5.53. The van der Waals surface area contributed by atoms with Gasteiger partial charge in [-0.1, -0.05) is 41.9 Å². The van der Waals surface area contributed by atoms with E-state index in [1.54, 1.807) is 6.07 Å². The molecular formula is C16H11ClF3NO5. The number of benzene rings is 2. The van der Waals surface area contributed by atoms with Gasteiger partial charge in [-0.05, 0) is 18.2 Å². The molecule has 0 spiro atoms. The Morgan fingerprint density at radius 2 is 1.77 bits per heavy atom. The zero-order valence-electron chi connectivity index (χ0n) is 13.1. The zero-order chi connectivity index (χ0) is 19.5. The lowest BCUT2D eigenvalue weighted by molar-refractivity contribution is -0.651. The number of ether oxygens (including phenoxy) is 2. The molecule has 0 aromatic heterocycles. The van der Waals surface area contributed by atoms with Gasteiger partial charge in [0.05, 0.1) is 10.6 Å². The fourth-order valence-corrected chi connectivity index (χ4v) is 2.28. The van der Waals surface area contributed by atoms with E-state index in [9.17, 15) is 28.1 Å². The molecule has 1 atom stereocenters. The van der Waals surface area contributed by atoms with Gasteiger partial charge in [-0.3, -0.25) is 19.6 Å². The molecule has 0 radical (unpaired) electrons. The van der Waals surface area contributed by atoms with Crippen LogP contribution in [0.15, 0.2) is 48.5 Å². The van der Waals surface area contributed by atoms with Crippen molar-refractivity contribution in [2.24, 2.45) is 0 Å². The third-order valence-electron chi connectivity index (χ3n) is 3.35. The number of halogens is 4. The fourth-order valence-electron chi connectivity index (χ4n) is 2.06. The van der Waals surface area contributed by atoms with Crippen molar-refractivity contribution in [1.82, 2.24) is 0 Å². The highest BCUT2D eigenvalue weighted by Gasteiger charge is 2.56. The van der Waals surface area contributed by atoms with Crippen LogP contribution < -0.4 is 4.74 Å². The number of ketones is 1. The summed E-state index contributed by atoms with van der Waals surface area (Å²) in [5.41, 5.74) is -1.16. The molecular weight excluding hydrogens is 379 g/mol. The van der Waals surface area contributed by atoms with Crippen molar-refractivity contribution in [3.8, 4) is 5.75 Å². The first-order valence-electron chi connectivity index (χ1n) is 6.97. The second kappa shape index (κ2) is 7.30. The average molecular weight is 390 g/mol. The summed E-state index contributed by atoms with van der Waals surface area (Å²) >= 11 is 5.74. The summed E-state index contributed by atoms with van der Waals surface area (Å²) in [4.78, 5) is 23.0. The molecule has 0 fully saturated rings. The highest BCUT2D eigenvalue weighted by Crippen LogP contribution is 2.36. The first-order chi connectivity index (χ1) is 12.1. The maximum absolute atomic E-state index is 12.7. The normalized spacial score (nSPS) is 13.7. The van der Waals surface area contributed by atoms with Crippen molar-refractivity contribution in [1.29, 1.82) is 0 Å². The predicted molar refractivity (Wildman–Crippen MR) is 84.6 cm³/mol. The molecule has 2 aromatic rings. The minimum atomic E-state index is -4.66. The number of nitrogens with zero attached hydrogens (tertiary/aromatic N) is 1. The van der Waals surface area contributed by atoms with Gasteiger partial charge in [0.15, 0.2) is 0 Å². The second-order valence-corrected chi connectivity index (χ2v) is 5.39. The first kappa shape index (κ1) is 19.7. The van der Waals surface area contributed by atoms with E-state index in [-0.39, 0.29) is 5.56 Å². The molecule has 0 aliphatic heterocycles. The van der Waals surface area contributed by atoms with Crippen molar-refractivity contribution in [2.45, 2.75) is 12.1 Å². The van der Waals surface area contributed by atoms with E-state index in [2.05, 4.69) is 0 Å². The Labute approximate surface area is 150 Å². The molecule has 0 saturated carbocycles. The topological polar surface area (TPSA) is 78.7 Å². The molecule has 138 valence electrons. The maximum atomic E-state index is 12.7. The molecule has 10 heteroatoms. The van der Waals surface area contributed by atoms with Crippen molar-refractivity contribution < 1.29 is 32.4 Å². The molecule has 0 N–H and O–H groups in total. The van der Waals surface area contributed by atoms with Gasteiger partial charge in [0, 0.05) is 12.7 Å². The van der Waals surface area contributed by atoms with Gasteiger partial charge >= 0.3 is 17.9 Å². The Morgan fingerprint density at radius 1 is 1.15 bits per heavy atom. The predicted octanol–water partition coefficient (Wildman–Crippen LogP) is 4.20. The van der Waals surface area contributed by atoms with Crippen LogP contribution in [0, 0.1) is 10.1 Å². The summed E-state index contributed by atoms with van der Waals surface area (Å²) in [7, 11) is 0.863. The van der Waals surface area contributed by atoms with Crippen LogP contribution in [0.2, 0.25) is 5.02 Å². The minimum absolute atomic E-state index is 0.0888. The average Bonchev–Trinajstić information content (AvgIpc) is 2.60. The van der Waals surface area contributed by atoms with Crippen LogP contribution in [0.3, 0.4) is 0 Å². The lowest BCUT2D eigenvalue weighted by Crippen LogP contribution is -2.53. The number of alkyl halides is 3. The number of rotatable bonds is 6. The van der Waals surface area contributed by atoms with Gasteiger partial charge in [0.2, 0.25) is 0 Å². The highest BCUT2D eigenvalue weighted by molar-refractivity contribution is 6.32. The van der Waals surface area contributed by atoms with Gasteiger partial charge in [-0.15, -0.1) is 0 Å². The number of carbonyl (C=O) groups is 1. The van der Waals surface area contributed by atoms with E-state index in [1.165, 1.54) is 24.3 Å². The monoisotopic (exact) mass is 389 g/mol. The minimum Gasteiger partial charge on any atom is -0.397 e. The van der Waals surface area contributed by atoms with E-state index >= 15 is 0 Å². The summed E-state index contributed by atoms with van der Waals surface area (Å²) < 4.78 is 47.9. The number of methoxy groups -OCH3 is 1. The third kappa shape index (κ3) is 3.78. The number of hydrogen-bond acceptors (Lipinski definition) is 5. The first-order valence-corrected chi connectivity index (χ1v) is 7.35.